The first kappa shape index (κ1) is 18.5. The van der Waals surface area contributed by atoms with Crippen LogP contribution in [0.1, 0.15) is 19.8 Å². The minimum Gasteiger partial charge on any atom is -0.481 e. The van der Waals surface area contributed by atoms with Crippen LogP contribution in [-0.4, -0.2) is 53.0 Å². The van der Waals surface area contributed by atoms with Gasteiger partial charge in [-0.15, -0.1) is 0 Å². The summed E-state index contributed by atoms with van der Waals surface area (Å²) in [6, 6.07) is 6.54. The molecule has 1 aliphatic heterocycles. The molecule has 1 saturated heterocycles. The highest BCUT2D eigenvalue weighted by molar-refractivity contribution is 7.92. The zero-order valence-electron chi connectivity index (χ0n) is 14.2. The van der Waals surface area contributed by atoms with Crippen molar-refractivity contribution < 1.29 is 22.7 Å². The number of amides is 1. The molecule has 1 amide bonds. The van der Waals surface area contributed by atoms with E-state index in [2.05, 4.69) is 5.32 Å². The second-order valence-electron chi connectivity index (χ2n) is 5.86. The number of carbonyl (C=O) groups excluding carboxylic acids is 1. The molecule has 0 radical (unpaired) electrons. The molecule has 0 bridgehead atoms. The summed E-state index contributed by atoms with van der Waals surface area (Å²) in [6.45, 7) is 2.91. The van der Waals surface area contributed by atoms with E-state index in [1.165, 1.54) is 11.4 Å². The summed E-state index contributed by atoms with van der Waals surface area (Å²) in [5.74, 6) is 0.295. The minimum atomic E-state index is -3.30. The molecule has 1 fully saturated rings. The molecular formula is C16H24N2O5S. The van der Waals surface area contributed by atoms with Crippen LogP contribution in [0.3, 0.4) is 0 Å². The number of carbonyl (C=O) groups is 1. The highest BCUT2D eigenvalue weighted by Gasteiger charge is 2.20. The van der Waals surface area contributed by atoms with E-state index in [0.717, 1.165) is 25.7 Å². The number of benzene rings is 1. The third-order valence-electron chi connectivity index (χ3n) is 3.91. The summed E-state index contributed by atoms with van der Waals surface area (Å²) in [4.78, 5) is 12.0. The van der Waals surface area contributed by atoms with Crippen molar-refractivity contribution in [2.75, 3.05) is 30.8 Å². The van der Waals surface area contributed by atoms with Gasteiger partial charge in [-0.05, 0) is 44.0 Å². The van der Waals surface area contributed by atoms with Gasteiger partial charge in [0.2, 0.25) is 10.0 Å². The van der Waals surface area contributed by atoms with Crippen LogP contribution in [-0.2, 0) is 19.6 Å². The minimum absolute atomic E-state index is 0.0898. The van der Waals surface area contributed by atoms with Gasteiger partial charge in [0.05, 0.1) is 18.0 Å². The fraction of sp³-hybridized carbons (Fsp3) is 0.562. The quantitative estimate of drug-likeness (QED) is 0.792. The van der Waals surface area contributed by atoms with Crippen LogP contribution < -0.4 is 14.4 Å². The van der Waals surface area contributed by atoms with Gasteiger partial charge in [-0.1, -0.05) is 0 Å². The second-order valence-corrected chi connectivity index (χ2v) is 7.88. The van der Waals surface area contributed by atoms with Gasteiger partial charge in [-0.2, -0.15) is 0 Å². The van der Waals surface area contributed by atoms with Crippen molar-refractivity contribution in [2.24, 2.45) is 0 Å². The molecule has 8 heteroatoms. The normalized spacial score (nSPS) is 18.9. The maximum atomic E-state index is 12.0. The van der Waals surface area contributed by atoms with Crippen molar-refractivity contribution in [3.8, 4) is 5.75 Å². The Morgan fingerprint density at radius 2 is 2.08 bits per heavy atom. The van der Waals surface area contributed by atoms with Gasteiger partial charge < -0.3 is 14.8 Å². The van der Waals surface area contributed by atoms with Gasteiger partial charge in [0.1, 0.15) is 5.75 Å². The molecular weight excluding hydrogens is 332 g/mol. The van der Waals surface area contributed by atoms with Crippen LogP contribution in [0.2, 0.25) is 0 Å². The van der Waals surface area contributed by atoms with Crippen molar-refractivity contribution in [2.45, 2.75) is 32.0 Å². The third-order valence-corrected chi connectivity index (χ3v) is 5.11. The lowest BCUT2D eigenvalue weighted by Gasteiger charge is -2.19. The van der Waals surface area contributed by atoms with E-state index in [1.807, 2.05) is 0 Å². The molecule has 1 aromatic rings. The average Bonchev–Trinajstić information content (AvgIpc) is 3.05. The lowest BCUT2D eigenvalue weighted by molar-refractivity contribution is -0.127. The fourth-order valence-electron chi connectivity index (χ4n) is 2.35. The van der Waals surface area contributed by atoms with E-state index >= 15 is 0 Å². The molecule has 134 valence electrons. The number of ether oxygens (including phenoxy) is 2. The number of hydrogen-bond acceptors (Lipinski definition) is 5. The molecule has 0 unspecified atom stereocenters. The van der Waals surface area contributed by atoms with E-state index in [0.29, 0.717) is 18.0 Å². The first-order chi connectivity index (χ1) is 11.3. The Hall–Kier alpha value is -1.80. The van der Waals surface area contributed by atoms with Gasteiger partial charge in [-0.3, -0.25) is 9.10 Å². The SMILES string of the molecule is C[C@H](Oc1ccc(N(C)S(C)(=O)=O)cc1)C(=O)NC[C@H]1CCCO1. The molecule has 0 aliphatic carbocycles. The first-order valence-corrected chi connectivity index (χ1v) is 9.72. The average molecular weight is 356 g/mol. The van der Waals surface area contributed by atoms with E-state index in [-0.39, 0.29) is 12.0 Å². The molecule has 1 aromatic carbocycles. The summed E-state index contributed by atoms with van der Waals surface area (Å²) in [5.41, 5.74) is 0.528. The number of nitrogens with zero attached hydrogens (tertiary/aromatic N) is 1. The molecule has 0 aromatic heterocycles. The van der Waals surface area contributed by atoms with Crippen LogP contribution in [0, 0.1) is 0 Å². The van der Waals surface area contributed by atoms with Crippen LogP contribution in [0.15, 0.2) is 24.3 Å². The van der Waals surface area contributed by atoms with Crippen molar-refractivity contribution in [3.05, 3.63) is 24.3 Å². The number of nitrogens with one attached hydrogen (secondary N) is 1. The Labute approximate surface area is 143 Å². The van der Waals surface area contributed by atoms with Crippen molar-refractivity contribution >= 4 is 21.6 Å². The number of sulfonamides is 1. The number of hydrogen-bond donors (Lipinski definition) is 1. The van der Waals surface area contributed by atoms with Crippen LogP contribution in [0.25, 0.3) is 0 Å². The summed E-state index contributed by atoms with van der Waals surface area (Å²) >= 11 is 0. The van der Waals surface area contributed by atoms with Gasteiger partial charge in [-0.25, -0.2) is 8.42 Å². The molecule has 1 N–H and O–H groups in total. The molecule has 0 spiro atoms. The predicted octanol–water partition coefficient (Wildman–Crippen LogP) is 1.14. The number of rotatable bonds is 7. The topological polar surface area (TPSA) is 84.9 Å². The van der Waals surface area contributed by atoms with Gasteiger partial charge in [0.25, 0.3) is 5.91 Å². The zero-order chi connectivity index (χ0) is 17.7. The van der Waals surface area contributed by atoms with Crippen LogP contribution in [0.5, 0.6) is 5.75 Å². The molecule has 7 nitrogen and oxygen atoms in total. The molecule has 0 saturated carbocycles. The van der Waals surface area contributed by atoms with Crippen LogP contribution in [0.4, 0.5) is 5.69 Å². The van der Waals surface area contributed by atoms with Crippen LogP contribution >= 0.6 is 0 Å². The standard InChI is InChI=1S/C16H24N2O5S/c1-12(16(19)17-11-15-5-4-10-22-15)23-14-8-6-13(7-9-14)18(2)24(3,20)21/h6-9,12,15H,4-5,10-11H2,1-3H3,(H,17,19)/t12-,15+/m0/s1. The second kappa shape index (κ2) is 7.85. The third kappa shape index (κ3) is 5.10. The van der Waals surface area contributed by atoms with Gasteiger partial charge >= 0.3 is 0 Å². The molecule has 2 rings (SSSR count). The van der Waals surface area contributed by atoms with Crippen molar-refractivity contribution in [3.63, 3.8) is 0 Å². The monoisotopic (exact) mass is 356 g/mol. The highest BCUT2D eigenvalue weighted by Crippen LogP contribution is 2.21. The first-order valence-electron chi connectivity index (χ1n) is 7.87. The van der Waals surface area contributed by atoms with E-state index in [4.69, 9.17) is 9.47 Å². The Kier molecular flexibility index (Phi) is 6.06. The summed E-state index contributed by atoms with van der Waals surface area (Å²) in [5, 5.41) is 2.82. The highest BCUT2D eigenvalue weighted by atomic mass is 32.2. The predicted molar refractivity (Wildman–Crippen MR) is 91.8 cm³/mol. The Morgan fingerprint density at radius 3 is 2.62 bits per heavy atom. The summed E-state index contributed by atoms with van der Waals surface area (Å²) in [7, 11) is -1.83. The summed E-state index contributed by atoms with van der Waals surface area (Å²) in [6.07, 6.45) is 2.57. The maximum absolute atomic E-state index is 12.0. The van der Waals surface area contributed by atoms with Crippen molar-refractivity contribution in [1.29, 1.82) is 0 Å². The van der Waals surface area contributed by atoms with Gasteiger partial charge in [0, 0.05) is 20.2 Å². The fourth-order valence-corrected chi connectivity index (χ4v) is 2.85. The van der Waals surface area contributed by atoms with Crippen molar-refractivity contribution in [1.82, 2.24) is 5.32 Å². The maximum Gasteiger partial charge on any atom is 0.260 e. The lowest BCUT2D eigenvalue weighted by atomic mass is 10.2. The molecule has 1 aliphatic rings. The molecule has 24 heavy (non-hydrogen) atoms. The molecule has 1 heterocycles. The summed E-state index contributed by atoms with van der Waals surface area (Å²) < 4.78 is 35.2. The Morgan fingerprint density at radius 1 is 1.42 bits per heavy atom. The van der Waals surface area contributed by atoms with E-state index in [1.54, 1.807) is 31.2 Å². The van der Waals surface area contributed by atoms with E-state index in [9.17, 15) is 13.2 Å². The zero-order valence-corrected chi connectivity index (χ0v) is 15.0. The lowest BCUT2D eigenvalue weighted by Crippen LogP contribution is -2.40. The molecule has 2 atom stereocenters. The largest absolute Gasteiger partial charge is 0.481 e. The van der Waals surface area contributed by atoms with E-state index < -0.39 is 16.1 Å². The number of anilines is 1. The smallest absolute Gasteiger partial charge is 0.260 e. The van der Waals surface area contributed by atoms with Gasteiger partial charge in [0.15, 0.2) is 6.10 Å². The Balaban J connectivity index is 1.86. The Bertz CT molecular complexity index is 654.